The SMILES string of the molecule is S=c1cc(-c2ccc3c(c2)OCCO3)[nH]c(C2CC2)n1. The second-order valence-corrected chi connectivity index (χ2v) is 5.57. The smallest absolute Gasteiger partial charge is 0.162 e. The first kappa shape index (κ1) is 11.9. The summed E-state index contributed by atoms with van der Waals surface area (Å²) >= 11 is 5.27. The zero-order valence-electron chi connectivity index (χ0n) is 10.9. The summed E-state index contributed by atoms with van der Waals surface area (Å²) in [5.41, 5.74) is 2.04. The Morgan fingerprint density at radius 1 is 1.10 bits per heavy atom. The maximum absolute atomic E-state index is 5.63. The number of nitrogens with zero attached hydrogens (tertiary/aromatic N) is 1. The van der Waals surface area contributed by atoms with Gasteiger partial charge >= 0.3 is 0 Å². The number of aromatic amines is 1. The lowest BCUT2D eigenvalue weighted by Gasteiger charge is -2.19. The lowest BCUT2D eigenvalue weighted by molar-refractivity contribution is 0.171. The van der Waals surface area contributed by atoms with E-state index in [0.29, 0.717) is 23.8 Å². The van der Waals surface area contributed by atoms with Gasteiger partial charge in [0.1, 0.15) is 23.7 Å². The number of hydrogen-bond donors (Lipinski definition) is 1. The third kappa shape index (κ3) is 2.18. The van der Waals surface area contributed by atoms with Crippen molar-refractivity contribution in [3.05, 3.63) is 34.7 Å². The van der Waals surface area contributed by atoms with E-state index in [0.717, 1.165) is 28.6 Å². The van der Waals surface area contributed by atoms with Crippen molar-refractivity contribution < 1.29 is 9.47 Å². The van der Waals surface area contributed by atoms with Crippen molar-refractivity contribution in [3.8, 4) is 22.8 Å². The van der Waals surface area contributed by atoms with Crippen LogP contribution in [0.2, 0.25) is 0 Å². The van der Waals surface area contributed by atoms with Crippen molar-refractivity contribution in [2.24, 2.45) is 0 Å². The molecule has 2 aromatic rings. The van der Waals surface area contributed by atoms with Crippen LogP contribution in [0.5, 0.6) is 11.5 Å². The average Bonchev–Trinajstić information content (AvgIpc) is 3.31. The van der Waals surface area contributed by atoms with Gasteiger partial charge in [-0.2, -0.15) is 0 Å². The molecule has 5 heteroatoms. The van der Waals surface area contributed by atoms with E-state index in [1.165, 1.54) is 12.8 Å². The minimum Gasteiger partial charge on any atom is -0.486 e. The van der Waals surface area contributed by atoms with Gasteiger partial charge in [-0.05, 0) is 37.1 Å². The predicted octanol–water partition coefficient (Wildman–Crippen LogP) is 3.45. The van der Waals surface area contributed by atoms with E-state index in [9.17, 15) is 0 Å². The van der Waals surface area contributed by atoms with Crippen LogP contribution in [0, 0.1) is 4.64 Å². The van der Waals surface area contributed by atoms with Gasteiger partial charge in [0, 0.05) is 17.2 Å². The van der Waals surface area contributed by atoms with Crippen LogP contribution in [0.4, 0.5) is 0 Å². The highest BCUT2D eigenvalue weighted by Gasteiger charge is 2.26. The molecule has 2 heterocycles. The van der Waals surface area contributed by atoms with Crippen molar-refractivity contribution in [1.82, 2.24) is 9.97 Å². The molecule has 1 N–H and O–H groups in total. The largest absolute Gasteiger partial charge is 0.486 e. The lowest BCUT2D eigenvalue weighted by Crippen LogP contribution is -2.15. The van der Waals surface area contributed by atoms with E-state index in [1.54, 1.807) is 0 Å². The van der Waals surface area contributed by atoms with Crippen LogP contribution < -0.4 is 9.47 Å². The summed E-state index contributed by atoms with van der Waals surface area (Å²) < 4.78 is 11.8. The zero-order chi connectivity index (χ0) is 13.5. The van der Waals surface area contributed by atoms with Crippen LogP contribution in [0.1, 0.15) is 24.6 Å². The van der Waals surface area contributed by atoms with E-state index in [1.807, 2.05) is 24.3 Å². The molecule has 0 saturated heterocycles. The van der Waals surface area contributed by atoms with Gasteiger partial charge in [0.15, 0.2) is 11.5 Å². The normalized spacial score (nSPS) is 17.0. The summed E-state index contributed by atoms with van der Waals surface area (Å²) in [5, 5.41) is 0. The van der Waals surface area contributed by atoms with Crippen molar-refractivity contribution in [1.29, 1.82) is 0 Å². The Bertz CT molecular complexity index is 722. The first-order valence-electron chi connectivity index (χ1n) is 6.81. The molecule has 1 aliphatic carbocycles. The highest BCUT2D eigenvalue weighted by atomic mass is 32.1. The standard InChI is InChI=1S/C15H14N2O2S/c20-14-8-11(16-15(17-14)9-1-2-9)10-3-4-12-13(7-10)19-6-5-18-12/h3-4,7-9H,1-2,5-6H2,(H,16,17,20). The van der Waals surface area contributed by atoms with Crippen LogP contribution in [0.15, 0.2) is 24.3 Å². The summed E-state index contributed by atoms with van der Waals surface area (Å²) in [6.45, 7) is 1.20. The number of fused-ring (bicyclic) bond motifs is 1. The second kappa shape index (κ2) is 4.59. The van der Waals surface area contributed by atoms with E-state index < -0.39 is 0 Å². The fourth-order valence-corrected chi connectivity index (χ4v) is 2.61. The van der Waals surface area contributed by atoms with Crippen LogP contribution >= 0.6 is 12.2 Å². The molecule has 0 unspecified atom stereocenters. The van der Waals surface area contributed by atoms with Gasteiger partial charge in [-0.3, -0.25) is 0 Å². The maximum Gasteiger partial charge on any atom is 0.162 e. The molecule has 0 spiro atoms. The topological polar surface area (TPSA) is 47.1 Å². The molecule has 4 rings (SSSR count). The van der Waals surface area contributed by atoms with Crippen LogP contribution in [0.25, 0.3) is 11.3 Å². The molecule has 1 saturated carbocycles. The first-order valence-corrected chi connectivity index (χ1v) is 7.22. The molecule has 1 fully saturated rings. The number of hydrogen-bond acceptors (Lipinski definition) is 4. The molecule has 102 valence electrons. The van der Waals surface area contributed by atoms with Crippen LogP contribution in [-0.4, -0.2) is 23.2 Å². The summed E-state index contributed by atoms with van der Waals surface area (Å²) in [5.74, 6) is 3.14. The van der Waals surface area contributed by atoms with Crippen molar-refractivity contribution in [2.75, 3.05) is 13.2 Å². The number of H-pyrrole nitrogens is 1. The Labute approximate surface area is 121 Å². The predicted molar refractivity (Wildman–Crippen MR) is 77.8 cm³/mol. The highest BCUT2D eigenvalue weighted by molar-refractivity contribution is 7.71. The van der Waals surface area contributed by atoms with Gasteiger partial charge in [-0.15, -0.1) is 0 Å². The summed E-state index contributed by atoms with van der Waals surface area (Å²) in [6, 6.07) is 7.85. The fraction of sp³-hybridized carbons (Fsp3) is 0.333. The van der Waals surface area contributed by atoms with Crippen molar-refractivity contribution in [2.45, 2.75) is 18.8 Å². The quantitative estimate of drug-likeness (QED) is 0.859. The highest BCUT2D eigenvalue weighted by Crippen LogP contribution is 2.39. The molecular formula is C15H14N2O2S. The molecule has 1 aromatic heterocycles. The summed E-state index contributed by atoms with van der Waals surface area (Å²) in [6.07, 6.45) is 2.39. The zero-order valence-corrected chi connectivity index (χ0v) is 11.7. The van der Waals surface area contributed by atoms with E-state index in [4.69, 9.17) is 21.7 Å². The number of ether oxygens (including phenoxy) is 2. The molecule has 1 aromatic carbocycles. The van der Waals surface area contributed by atoms with Gasteiger partial charge in [0.25, 0.3) is 0 Å². The minimum absolute atomic E-state index is 0.550. The average molecular weight is 286 g/mol. The number of rotatable bonds is 2. The van der Waals surface area contributed by atoms with Gasteiger partial charge in [0.2, 0.25) is 0 Å². The van der Waals surface area contributed by atoms with Crippen LogP contribution in [0.3, 0.4) is 0 Å². The molecule has 0 bridgehead atoms. The fourth-order valence-electron chi connectivity index (χ4n) is 2.39. The van der Waals surface area contributed by atoms with Crippen LogP contribution in [-0.2, 0) is 0 Å². The second-order valence-electron chi connectivity index (χ2n) is 5.15. The molecule has 0 radical (unpaired) electrons. The Morgan fingerprint density at radius 3 is 2.70 bits per heavy atom. The van der Waals surface area contributed by atoms with Crippen molar-refractivity contribution >= 4 is 12.2 Å². The van der Waals surface area contributed by atoms with E-state index >= 15 is 0 Å². The maximum atomic E-state index is 5.63. The van der Waals surface area contributed by atoms with Gasteiger partial charge < -0.3 is 14.5 Å². The molecule has 1 aliphatic heterocycles. The van der Waals surface area contributed by atoms with E-state index in [2.05, 4.69) is 9.97 Å². The molecule has 4 nitrogen and oxygen atoms in total. The third-order valence-electron chi connectivity index (χ3n) is 3.58. The molecule has 2 aliphatic rings. The molecule has 20 heavy (non-hydrogen) atoms. The van der Waals surface area contributed by atoms with Crippen molar-refractivity contribution in [3.63, 3.8) is 0 Å². The summed E-state index contributed by atoms with van der Waals surface area (Å²) in [7, 11) is 0. The minimum atomic E-state index is 0.550. The molecular weight excluding hydrogens is 272 g/mol. The summed E-state index contributed by atoms with van der Waals surface area (Å²) in [4.78, 5) is 7.81. The Kier molecular flexibility index (Phi) is 2.73. The van der Waals surface area contributed by atoms with Gasteiger partial charge in [0.05, 0.1) is 0 Å². The third-order valence-corrected chi connectivity index (χ3v) is 3.79. The first-order chi connectivity index (χ1) is 9.79. The number of aromatic nitrogens is 2. The Balaban J connectivity index is 1.78. The Hall–Kier alpha value is -1.88. The molecule has 0 atom stereocenters. The lowest BCUT2D eigenvalue weighted by atomic mass is 10.1. The van der Waals surface area contributed by atoms with Gasteiger partial charge in [-0.1, -0.05) is 12.2 Å². The Morgan fingerprint density at radius 2 is 1.90 bits per heavy atom. The number of benzene rings is 1. The molecule has 0 amide bonds. The van der Waals surface area contributed by atoms with E-state index in [-0.39, 0.29) is 0 Å². The van der Waals surface area contributed by atoms with Gasteiger partial charge in [-0.25, -0.2) is 4.98 Å². The monoisotopic (exact) mass is 286 g/mol. The number of nitrogens with one attached hydrogen (secondary N) is 1.